The smallest absolute Gasteiger partial charge is 0.0669 e. The summed E-state index contributed by atoms with van der Waals surface area (Å²) in [5, 5.41) is 4.36. The highest BCUT2D eigenvalue weighted by Crippen LogP contribution is 2.18. The first-order chi connectivity index (χ1) is 9.24. The van der Waals surface area contributed by atoms with Gasteiger partial charge in [0.2, 0.25) is 0 Å². The molecule has 0 aliphatic carbocycles. The molecule has 2 aromatic rings. The summed E-state index contributed by atoms with van der Waals surface area (Å²) in [6.45, 7) is 5.18. The van der Waals surface area contributed by atoms with Crippen LogP contribution in [0.1, 0.15) is 36.2 Å². The van der Waals surface area contributed by atoms with E-state index in [4.69, 9.17) is 5.84 Å². The van der Waals surface area contributed by atoms with E-state index < -0.39 is 0 Å². The quantitative estimate of drug-likeness (QED) is 0.617. The van der Waals surface area contributed by atoms with Crippen molar-refractivity contribution in [3.05, 3.63) is 53.3 Å². The summed E-state index contributed by atoms with van der Waals surface area (Å²) in [4.78, 5) is 0. The van der Waals surface area contributed by atoms with Crippen molar-refractivity contribution in [1.29, 1.82) is 0 Å². The minimum absolute atomic E-state index is 0.0934. The number of nitrogens with one attached hydrogen (secondary N) is 1. The largest absolute Gasteiger partial charge is 0.271 e. The van der Waals surface area contributed by atoms with Crippen molar-refractivity contribution in [2.24, 2.45) is 5.84 Å². The maximum Gasteiger partial charge on any atom is 0.0669 e. The van der Waals surface area contributed by atoms with Gasteiger partial charge in [-0.25, -0.2) is 0 Å². The first kappa shape index (κ1) is 13.8. The van der Waals surface area contributed by atoms with Crippen molar-refractivity contribution >= 4 is 0 Å². The van der Waals surface area contributed by atoms with Crippen LogP contribution in [0.5, 0.6) is 0 Å². The molecule has 1 aromatic carbocycles. The van der Waals surface area contributed by atoms with E-state index in [0.717, 1.165) is 25.1 Å². The molecular formula is C15H22N4. The molecule has 102 valence electrons. The van der Waals surface area contributed by atoms with Crippen molar-refractivity contribution in [1.82, 2.24) is 15.2 Å². The Balaban J connectivity index is 2.18. The van der Waals surface area contributed by atoms with Crippen LogP contribution in [0.2, 0.25) is 0 Å². The van der Waals surface area contributed by atoms with Crippen LogP contribution in [-0.4, -0.2) is 9.78 Å². The van der Waals surface area contributed by atoms with Crippen LogP contribution < -0.4 is 11.3 Å². The van der Waals surface area contributed by atoms with Gasteiger partial charge in [-0.1, -0.05) is 36.8 Å². The molecular weight excluding hydrogens is 236 g/mol. The number of nitrogens with zero attached hydrogens (tertiary/aromatic N) is 2. The predicted octanol–water partition coefficient (Wildman–Crippen LogP) is 2.35. The third-order valence-electron chi connectivity index (χ3n) is 3.27. The van der Waals surface area contributed by atoms with Crippen molar-refractivity contribution in [2.45, 2.75) is 39.3 Å². The second-order valence-corrected chi connectivity index (χ2v) is 4.89. The minimum Gasteiger partial charge on any atom is -0.271 e. The minimum atomic E-state index is 0.0934. The second kappa shape index (κ2) is 6.50. The Morgan fingerprint density at radius 1 is 1.37 bits per heavy atom. The lowest BCUT2D eigenvalue weighted by atomic mass is 10.0. The Kier molecular flexibility index (Phi) is 4.71. The Bertz CT molecular complexity index is 518. The molecule has 0 fully saturated rings. The Hall–Kier alpha value is -1.65. The number of hydrogen-bond donors (Lipinski definition) is 2. The lowest BCUT2D eigenvalue weighted by molar-refractivity contribution is 0.478. The van der Waals surface area contributed by atoms with E-state index >= 15 is 0 Å². The maximum absolute atomic E-state index is 5.72. The van der Waals surface area contributed by atoms with Gasteiger partial charge >= 0.3 is 0 Å². The van der Waals surface area contributed by atoms with Gasteiger partial charge in [-0.2, -0.15) is 5.10 Å². The highest BCUT2D eigenvalue weighted by Gasteiger charge is 2.15. The Morgan fingerprint density at radius 3 is 2.89 bits per heavy atom. The molecule has 0 bridgehead atoms. The van der Waals surface area contributed by atoms with E-state index in [1.165, 1.54) is 11.1 Å². The van der Waals surface area contributed by atoms with Crippen molar-refractivity contribution < 1.29 is 0 Å². The van der Waals surface area contributed by atoms with E-state index in [1.54, 1.807) is 0 Å². The number of aromatic nitrogens is 2. The fourth-order valence-electron chi connectivity index (χ4n) is 2.36. The second-order valence-electron chi connectivity index (χ2n) is 4.89. The van der Waals surface area contributed by atoms with Gasteiger partial charge < -0.3 is 0 Å². The molecule has 0 saturated carbocycles. The standard InChI is InChI=1S/C15H22N4/c1-3-9-19-15(7-8-17-19)14(18-16)11-13-6-4-5-12(2)10-13/h4-8,10,14,18H,3,9,11,16H2,1-2H3. The van der Waals surface area contributed by atoms with Crippen molar-refractivity contribution in [2.75, 3.05) is 0 Å². The zero-order chi connectivity index (χ0) is 13.7. The fraction of sp³-hybridized carbons (Fsp3) is 0.400. The molecule has 4 nitrogen and oxygen atoms in total. The van der Waals surface area contributed by atoms with Gasteiger partial charge in [-0.05, 0) is 31.4 Å². The molecule has 0 spiro atoms. The summed E-state index contributed by atoms with van der Waals surface area (Å²) in [6.07, 6.45) is 3.77. The Morgan fingerprint density at radius 2 is 2.21 bits per heavy atom. The van der Waals surface area contributed by atoms with Gasteiger partial charge in [-0.15, -0.1) is 0 Å². The number of benzene rings is 1. The normalized spacial score (nSPS) is 12.6. The lowest BCUT2D eigenvalue weighted by Crippen LogP contribution is -2.31. The number of aryl methyl sites for hydroxylation is 2. The van der Waals surface area contributed by atoms with Gasteiger partial charge in [0.15, 0.2) is 0 Å². The van der Waals surface area contributed by atoms with E-state index in [2.05, 4.69) is 48.6 Å². The van der Waals surface area contributed by atoms with Gasteiger partial charge in [-0.3, -0.25) is 16.0 Å². The third-order valence-corrected chi connectivity index (χ3v) is 3.27. The first-order valence-corrected chi connectivity index (χ1v) is 6.78. The van der Waals surface area contributed by atoms with Gasteiger partial charge in [0.05, 0.1) is 11.7 Å². The summed E-state index contributed by atoms with van der Waals surface area (Å²) < 4.78 is 2.03. The van der Waals surface area contributed by atoms with E-state index in [-0.39, 0.29) is 6.04 Å². The van der Waals surface area contributed by atoms with Crippen LogP contribution >= 0.6 is 0 Å². The molecule has 1 atom stereocenters. The van der Waals surface area contributed by atoms with E-state index in [1.807, 2.05) is 16.9 Å². The molecule has 0 saturated heterocycles. The predicted molar refractivity (Wildman–Crippen MR) is 77.5 cm³/mol. The van der Waals surface area contributed by atoms with E-state index in [9.17, 15) is 0 Å². The summed E-state index contributed by atoms with van der Waals surface area (Å²) in [7, 11) is 0. The molecule has 0 radical (unpaired) electrons. The lowest BCUT2D eigenvalue weighted by Gasteiger charge is -2.18. The highest BCUT2D eigenvalue weighted by atomic mass is 15.3. The molecule has 3 N–H and O–H groups in total. The van der Waals surface area contributed by atoms with Crippen LogP contribution in [0.15, 0.2) is 36.5 Å². The SMILES string of the molecule is CCCn1nccc1C(Cc1cccc(C)c1)NN. The molecule has 2 rings (SSSR count). The molecule has 19 heavy (non-hydrogen) atoms. The Labute approximate surface area is 114 Å². The first-order valence-electron chi connectivity index (χ1n) is 6.78. The summed E-state index contributed by atoms with van der Waals surface area (Å²) in [5.74, 6) is 5.72. The van der Waals surface area contributed by atoms with Crippen molar-refractivity contribution in [3.8, 4) is 0 Å². The number of hydrazine groups is 1. The van der Waals surface area contributed by atoms with Crippen LogP contribution in [-0.2, 0) is 13.0 Å². The fourth-order valence-corrected chi connectivity index (χ4v) is 2.36. The summed E-state index contributed by atoms with van der Waals surface area (Å²) in [6, 6.07) is 10.7. The topological polar surface area (TPSA) is 55.9 Å². The molecule has 0 aliphatic heterocycles. The molecule has 0 amide bonds. The molecule has 1 unspecified atom stereocenters. The van der Waals surface area contributed by atoms with Crippen LogP contribution in [0.3, 0.4) is 0 Å². The van der Waals surface area contributed by atoms with Crippen LogP contribution in [0.4, 0.5) is 0 Å². The van der Waals surface area contributed by atoms with Gasteiger partial charge in [0.1, 0.15) is 0 Å². The number of rotatable bonds is 6. The van der Waals surface area contributed by atoms with Crippen LogP contribution in [0.25, 0.3) is 0 Å². The molecule has 1 aromatic heterocycles. The number of nitrogens with two attached hydrogens (primary N) is 1. The molecule has 4 heteroatoms. The zero-order valence-electron chi connectivity index (χ0n) is 11.6. The summed E-state index contributed by atoms with van der Waals surface area (Å²) >= 11 is 0. The van der Waals surface area contributed by atoms with Crippen molar-refractivity contribution in [3.63, 3.8) is 0 Å². The number of hydrogen-bond acceptors (Lipinski definition) is 3. The van der Waals surface area contributed by atoms with Crippen LogP contribution in [0, 0.1) is 6.92 Å². The molecule has 0 aliphatic rings. The average molecular weight is 258 g/mol. The third kappa shape index (κ3) is 3.43. The van der Waals surface area contributed by atoms with Gasteiger partial charge in [0, 0.05) is 12.7 Å². The highest BCUT2D eigenvalue weighted by molar-refractivity contribution is 5.24. The average Bonchev–Trinajstić information content (AvgIpc) is 2.85. The summed E-state index contributed by atoms with van der Waals surface area (Å²) in [5.41, 5.74) is 6.61. The van der Waals surface area contributed by atoms with Gasteiger partial charge in [0.25, 0.3) is 0 Å². The monoisotopic (exact) mass is 258 g/mol. The van der Waals surface area contributed by atoms with E-state index in [0.29, 0.717) is 0 Å². The maximum atomic E-state index is 5.72. The molecule has 1 heterocycles. The zero-order valence-corrected chi connectivity index (χ0v) is 11.6.